The highest BCUT2D eigenvalue weighted by Crippen LogP contribution is 2.32. The number of rotatable bonds is 5. The average Bonchev–Trinajstić information content (AvgIpc) is 2.59. The minimum absolute atomic E-state index is 0.176. The van der Waals surface area contributed by atoms with E-state index in [-0.39, 0.29) is 11.6 Å². The topological polar surface area (TPSA) is 58.6 Å². The third-order valence-corrected chi connectivity index (χ3v) is 4.45. The maximum Gasteiger partial charge on any atom is 0.271 e. The third-order valence-electron chi connectivity index (χ3n) is 3.62. The van der Waals surface area contributed by atoms with Crippen molar-refractivity contribution in [3.8, 4) is 5.75 Å². The van der Waals surface area contributed by atoms with Crippen LogP contribution >= 0.6 is 15.9 Å². The van der Waals surface area contributed by atoms with Crippen molar-refractivity contribution in [1.29, 1.82) is 0 Å². The van der Waals surface area contributed by atoms with E-state index in [0.29, 0.717) is 16.6 Å². The first-order chi connectivity index (χ1) is 10.7. The molecular formula is C16H19BrN2O3. The number of benzene rings is 1. The molecule has 0 saturated carbocycles. The van der Waals surface area contributed by atoms with E-state index in [1.54, 1.807) is 18.1 Å². The summed E-state index contributed by atoms with van der Waals surface area (Å²) in [6.45, 7) is 1.43. The van der Waals surface area contributed by atoms with Crippen LogP contribution in [0.1, 0.15) is 24.8 Å². The molecule has 6 heteroatoms. The summed E-state index contributed by atoms with van der Waals surface area (Å²) in [5.74, 6) is 0.454. The summed E-state index contributed by atoms with van der Waals surface area (Å²) >= 11 is 3.44. The summed E-state index contributed by atoms with van der Waals surface area (Å²) < 4.78 is 5.84. The van der Waals surface area contributed by atoms with Crippen molar-refractivity contribution >= 4 is 32.7 Å². The van der Waals surface area contributed by atoms with Crippen LogP contribution in [0, 0.1) is 0 Å². The molecule has 0 unspecified atom stereocenters. The van der Waals surface area contributed by atoms with E-state index in [4.69, 9.17) is 4.74 Å². The molecule has 1 aliphatic heterocycles. The Balaban J connectivity index is 2.39. The Kier molecular flexibility index (Phi) is 6.00. The van der Waals surface area contributed by atoms with Gasteiger partial charge < -0.3 is 15.0 Å². The Labute approximate surface area is 138 Å². The van der Waals surface area contributed by atoms with Crippen molar-refractivity contribution < 1.29 is 14.3 Å². The predicted octanol–water partition coefficient (Wildman–Crippen LogP) is 2.52. The molecule has 0 atom stereocenters. The van der Waals surface area contributed by atoms with Crippen LogP contribution in [0.25, 0.3) is 4.48 Å². The molecule has 118 valence electrons. The van der Waals surface area contributed by atoms with Gasteiger partial charge in [0.15, 0.2) is 0 Å². The minimum atomic E-state index is -0.176. The standard InChI is InChI=1S/C16H19BrN2O3/c1-22-13-8-4-3-7-12(13)14(17)15(18-11-20)16(21)19-9-5-2-6-10-19/h3-4,7-8,11H,2,5-6,9-10H2,1H3,(H,18,20)/b15-14-. The fourth-order valence-electron chi connectivity index (χ4n) is 2.49. The molecule has 0 aromatic heterocycles. The zero-order valence-corrected chi connectivity index (χ0v) is 14.1. The van der Waals surface area contributed by atoms with Crippen LogP contribution in [-0.2, 0) is 9.59 Å². The van der Waals surface area contributed by atoms with E-state index in [2.05, 4.69) is 21.2 Å². The zero-order valence-electron chi connectivity index (χ0n) is 12.5. The van der Waals surface area contributed by atoms with Crippen molar-refractivity contribution in [3.05, 3.63) is 35.5 Å². The minimum Gasteiger partial charge on any atom is -0.496 e. The summed E-state index contributed by atoms with van der Waals surface area (Å²) in [5.41, 5.74) is 0.959. The Bertz CT molecular complexity index is 581. The Morgan fingerprint density at radius 1 is 1.27 bits per heavy atom. The number of methoxy groups -OCH3 is 1. The van der Waals surface area contributed by atoms with E-state index in [1.807, 2.05) is 18.2 Å². The number of halogens is 1. The first-order valence-corrected chi connectivity index (χ1v) is 8.01. The molecule has 1 heterocycles. The lowest BCUT2D eigenvalue weighted by molar-refractivity contribution is -0.129. The molecule has 1 aliphatic rings. The lowest BCUT2D eigenvalue weighted by atomic mass is 10.1. The molecule has 1 saturated heterocycles. The predicted molar refractivity (Wildman–Crippen MR) is 88.5 cm³/mol. The molecule has 2 rings (SSSR count). The van der Waals surface area contributed by atoms with Gasteiger partial charge in [0.05, 0.1) is 11.6 Å². The highest BCUT2D eigenvalue weighted by molar-refractivity contribution is 9.15. The first kappa shape index (κ1) is 16.5. The van der Waals surface area contributed by atoms with Crippen LogP contribution < -0.4 is 10.1 Å². The summed E-state index contributed by atoms with van der Waals surface area (Å²) in [5, 5.41) is 2.53. The molecular weight excluding hydrogens is 348 g/mol. The quantitative estimate of drug-likeness (QED) is 0.643. The molecule has 0 aliphatic carbocycles. The zero-order chi connectivity index (χ0) is 15.9. The van der Waals surface area contributed by atoms with Gasteiger partial charge in [-0.15, -0.1) is 0 Å². The lowest BCUT2D eigenvalue weighted by Crippen LogP contribution is -2.39. The van der Waals surface area contributed by atoms with Gasteiger partial charge in [-0.2, -0.15) is 0 Å². The van der Waals surface area contributed by atoms with Crippen molar-refractivity contribution in [2.45, 2.75) is 19.3 Å². The molecule has 5 nitrogen and oxygen atoms in total. The van der Waals surface area contributed by atoms with Gasteiger partial charge in [-0.25, -0.2) is 0 Å². The van der Waals surface area contributed by atoms with Crippen molar-refractivity contribution in [2.75, 3.05) is 20.2 Å². The van der Waals surface area contributed by atoms with E-state index in [1.165, 1.54) is 0 Å². The molecule has 2 amide bonds. The van der Waals surface area contributed by atoms with Crippen molar-refractivity contribution in [3.63, 3.8) is 0 Å². The first-order valence-electron chi connectivity index (χ1n) is 7.21. The highest BCUT2D eigenvalue weighted by atomic mass is 79.9. The Morgan fingerprint density at radius 3 is 2.59 bits per heavy atom. The van der Waals surface area contributed by atoms with Gasteiger partial charge in [0, 0.05) is 18.7 Å². The molecule has 0 spiro atoms. The van der Waals surface area contributed by atoms with Gasteiger partial charge in [0.25, 0.3) is 5.91 Å². The number of hydrogen-bond acceptors (Lipinski definition) is 3. The SMILES string of the molecule is COc1ccccc1/C(Br)=C(/NC=O)C(=O)N1CCCCC1. The van der Waals surface area contributed by atoms with Crippen LogP contribution in [0.2, 0.25) is 0 Å². The number of ether oxygens (including phenoxy) is 1. The van der Waals surface area contributed by atoms with Crippen molar-refractivity contribution in [1.82, 2.24) is 10.2 Å². The normalized spacial score (nSPS) is 15.8. The Hall–Kier alpha value is -1.82. The second-order valence-corrected chi connectivity index (χ2v) is 5.80. The number of piperidine rings is 1. The van der Waals surface area contributed by atoms with Crippen LogP contribution in [0.5, 0.6) is 5.75 Å². The second kappa shape index (κ2) is 7.98. The molecule has 0 bridgehead atoms. The van der Waals surface area contributed by atoms with Crippen molar-refractivity contribution in [2.24, 2.45) is 0 Å². The summed E-state index contributed by atoms with van der Waals surface area (Å²) in [7, 11) is 1.57. The van der Waals surface area contributed by atoms with Gasteiger partial charge in [0.1, 0.15) is 11.4 Å². The number of nitrogens with one attached hydrogen (secondary N) is 1. The smallest absolute Gasteiger partial charge is 0.271 e. The Morgan fingerprint density at radius 2 is 1.95 bits per heavy atom. The van der Waals surface area contributed by atoms with Gasteiger partial charge in [-0.1, -0.05) is 18.2 Å². The van der Waals surface area contributed by atoms with Crippen LogP contribution in [0.15, 0.2) is 30.0 Å². The average molecular weight is 367 g/mol. The van der Waals surface area contributed by atoms with E-state index in [0.717, 1.165) is 37.9 Å². The number of hydrogen-bond donors (Lipinski definition) is 1. The number of carbonyl (C=O) groups is 2. The van der Waals surface area contributed by atoms with Gasteiger partial charge in [-0.3, -0.25) is 9.59 Å². The largest absolute Gasteiger partial charge is 0.496 e. The van der Waals surface area contributed by atoms with E-state index in [9.17, 15) is 9.59 Å². The fraction of sp³-hybridized carbons (Fsp3) is 0.375. The molecule has 1 fully saturated rings. The number of nitrogens with zero attached hydrogens (tertiary/aromatic N) is 1. The molecule has 1 aromatic carbocycles. The second-order valence-electron chi connectivity index (χ2n) is 5.00. The van der Waals surface area contributed by atoms with Crippen LogP contribution in [0.4, 0.5) is 0 Å². The van der Waals surface area contributed by atoms with Crippen LogP contribution in [0.3, 0.4) is 0 Å². The third kappa shape index (κ3) is 3.68. The van der Waals surface area contributed by atoms with Gasteiger partial charge in [0.2, 0.25) is 6.41 Å². The summed E-state index contributed by atoms with van der Waals surface area (Å²) in [6, 6.07) is 7.34. The summed E-state index contributed by atoms with van der Waals surface area (Å²) in [6.07, 6.45) is 3.64. The monoisotopic (exact) mass is 366 g/mol. The number of amides is 2. The molecule has 1 aromatic rings. The number of para-hydroxylation sites is 1. The van der Waals surface area contributed by atoms with Gasteiger partial charge in [-0.05, 0) is 41.3 Å². The fourth-order valence-corrected chi connectivity index (χ4v) is 3.11. The lowest BCUT2D eigenvalue weighted by Gasteiger charge is -2.28. The van der Waals surface area contributed by atoms with Gasteiger partial charge >= 0.3 is 0 Å². The maximum absolute atomic E-state index is 12.7. The molecule has 0 radical (unpaired) electrons. The number of carbonyl (C=O) groups excluding carboxylic acids is 2. The number of likely N-dealkylation sites (tertiary alicyclic amines) is 1. The highest BCUT2D eigenvalue weighted by Gasteiger charge is 2.24. The van der Waals surface area contributed by atoms with E-state index < -0.39 is 0 Å². The molecule has 22 heavy (non-hydrogen) atoms. The van der Waals surface area contributed by atoms with Crippen LogP contribution in [-0.4, -0.2) is 37.4 Å². The summed E-state index contributed by atoms with van der Waals surface area (Å²) in [4.78, 5) is 25.4. The maximum atomic E-state index is 12.7. The van der Waals surface area contributed by atoms with E-state index >= 15 is 0 Å². The molecule has 1 N–H and O–H groups in total.